The van der Waals surface area contributed by atoms with E-state index in [0.717, 1.165) is 17.9 Å². The highest BCUT2D eigenvalue weighted by Crippen LogP contribution is 2.27. The van der Waals surface area contributed by atoms with Crippen molar-refractivity contribution in [1.29, 1.82) is 0 Å². The Morgan fingerprint density at radius 1 is 1.12 bits per heavy atom. The molecule has 0 bridgehead atoms. The van der Waals surface area contributed by atoms with E-state index < -0.39 is 0 Å². The second kappa shape index (κ2) is 4.84. The summed E-state index contributed by atoms with van der Waals surface area (Å²) in [6, 6.07) is 17.0. The van der Waals surface area contributed by atoms with Gasteiger partial charge in [0, 0.05) is 6.07 Å². The van der Waals surface area contributed by atoms with Crippen LogP contribution in [0.25, 0.3) is 0 Å². The first-order valence-electron chi connectivity index (χ1n) is 5.54. The second-order valence-electron chi connectivity index (χ2n) is 3.74. The molecule has 0 amide bonds. The van der Waals surface area contributed by atoms with Crippen molar-refractivity contribution in [3.63, 3.8) is 0 Å². The average Bonchev–Trinajstić information content (AvgIpc) is 2.31. The molecule has 0 heterocycles. The number of benzene rings is 2. The van der Waals surface area contributed by atoms with E-state index in [2.05, 4.69) is 26.0 Å². The van der Waals surface area contributed by atoms with E-state index in [1.54, 1.807) is 0 Å². The Kier molecular flexibility index (Phi) is 3.25. The SMILES string of the molecule is CCc1c(Oc2ccccc2)[c]ccc1C. The second-order valence-corrected chi connectivity index (χ2v) is 3.74. The van der Waals surface area contributed by atoms with Gasteiger partial charge in [0.25, 0.3) is 0 Å². The maximum absolute atomic E-state index is 5.83. The van der Waals surface area contributed by atoms with E-state index in [9.17, 15) is 0 Å². The van der Waals surface area contributed by atoms with Crippen molar-refractivity contribution in [2.24, 2.45) is 0 Å². The molecular weight excluding hydrogens is 196 g/mol. The largest absolute Gasteiger partial charge is 0.456 e. The minimum absolute atomic E-state index is 0.841. The van der Waals surface area contributed by atoms with Crippen molar-refractivity contribution in [2.75, 3.05) is 0 Å². The molecule has 0 aliphatic rings. The summed E-state index contributed by atoms with van der Waals surface area (Å²) in [6.45, 7) is 4.23. The number of ether oxygens (including phenoxy) is 1. The molecule has 16 heavy (non-hydrogen) atoms. The van der Waals surface area contributed by atoms with Gasteiger partial charge in [-0.1, -0.05) is 37.3 Å². The molecule has 2 aromatic rings. The van der Waals surface area contributed by atoms with Crippen LogP contribution in [0.3, 0.4) is 0 Å². The van der Waals surface area contributed by atoms with Crippen molar-refractivity contribution in [3.05, 3.63) is 59.7 Å². The quantitative estimate of drug-likeness (QED) is 0.741. The summed E-state index contributed by atoms with van der Waals surface area (Å²) in [7, 11) is 0. The molecule has 2 aromatic carbocycles. The molecule has 0 saturated heterocycles. The fourth-order valence-electron chi connectivity index (χ4n) is 1.75. The average molecular weight is 211 g/mol. The first kappa shape index (κ1) is 10.7. The summed E-state index contributed by atoms with van der Waals surface area (Å²) in [4.78, 5) is 0. The number of aryl methyl sites for hydroxylation is 1. The van der Waals surface area contributed by atoms with Crippen LogP contribution < -0.4 is 4.74 Å². The van der Waals surface area contributed by atoms with Crippen molar-refractivity contribution in [1.82, 2.24) is 0 Å². The van der Waals surface area contributed by atoms with Gasteiger partial charge in [0.05, 0.1) is 0 Å². The zero-order valence-corrected chi connectivity index (χ0v) is 9.66. The van der Waals surface area contributed by atoms with Crippen LogP contribution in [-0.2, 0) is 6.42 Å². The van der Waals surface area contributed by atoms with Crippen LogP contribution >= 0.6 is 0 Å². The van der Waals surface area contributed by atoms with Gasteiger partial charge >= 0.3 is 0 Å². The summed E-state index contributed by atoms with van der Waals surface area (Å²) in [5.41, 5.74) is 2.48. The number of rotatable bonds is 3. The molecule has 0 fully saturated rings. The lowest BCUT2D eigenvalue weighted by Crippen LogP contribution is -1.93. The van der Waals surface area contributed by atoms with Gasteiger partial charge in [-0.15, -0.1) is 0 Å². The van der Waals surface area contributed by atoms with Gasteiger partial charge in [-0.2, -0.15) is 0 Å². The lowest BCUT2D eigenvalue weighted by molar-refractivity contribution is 0.475. The molecule has 0 unspecified atom stereocenters. The molecule has 1 heteroatoms. The third kappa shape index (κ3) is 2.25. The highest BCUT2D eigenvalue weighted by Gasteiger charge is 2.05. The molecule has 0 saturated carbocycles. The van der Waals surface area contributed by atoms with Crippen molar-refractivity contribution >= 4 is 0 Å². The molecule has 81 valence electrons. The summed E-state index contributed by atoms with van der Waals surface area (Å²) in [6.07, 6.45) is 0.964. The van der Waals surface area contributed by atoms with Crippen LogP contribution in [0.5, 0.6) is 11.5 Å². The van der Waals surface area contributed by atoms with E-state index in [1.165, 1.54) is 11.1 Å². The lowest BCUT2D eigenvalue weighted by Gasteiger charge is -2.11. The summed E-state index contributed by atoms with van der Waals surface area (Å²) < 4.78 is 5.83. The van der Waals surface area contributed by atoms with Gasteiger partial charge < -0.3 is 4.74 Å². The van der Waals surface area contributed by atoms with E-state index in [4.69, 9.17) is 4.74 Å². The zero-order chi connectivity index (χ0) is 11.4. The van der Waals surface area contributed by atoms with Gasteiger partial charge in [0.2, 0.25) is 0 Å². The Balaban J connectivity index is 2.31. The van der Waals surface area contributed by atoms with E-state index in [0.29, 0.717) is 0 Å². The molecular formula is C15H15O. The minimum atomic E-state index is 0.841. The highest BCUT2D eigenvalue weighted by atomic mass is 16.5. The van der Waals surface area contributed by atoms with Gasteiger partial charge in [-0.05, 0) is 36.6 Å². The predicted octanol–water partition coefficient (Wildman–Crippen LogP) is 4.15. The molecule has 0 aromatic heterocycles. The number of hydrogen-bond donors (Lipinski definition) is 0. The highest BCUT2D eigenvalue weighted by molar-refractivity contribution is 5.41. The first-order chi connectivity index (χ1) is 7.81. The van der Waals surface area contributed by atoms with Crippen LogP contribution in [-0.4, -0.2) is 0 Å². The first-order valence-corrected chi connectivity index (χ1v) is 5.54. The standard InChI is InChI=1S/C15H15O/c1-3-14-12(2)8-7-11-15(14)16-13-9-5-4-6-10-13/h4-10H,3H2,1-2H3. The summed E-state index contributed by atoms with van der Waals surface area (Å²) in [5, 5.41) is 0. The third-order valence-electron chi connectivity index (χ3n) is 2.61. The number of para-hydroxylation sites is 1. The normalized spacial score (nSPS) is 10.1. The third-order valence-corrected chi connectivity index (χ3v) is 2.61. The van der Waals surface area contributed by atoms with Crippen LogP contribution in [0.2, 0.25) is 0 Å². The number of hydrogen-bond acceptors (Lipinski definition) is 1. The molecule has 0 spiro atoms. The lowest BCUT2D eigenvalue weighted by atomic mass is 10.1. The Labute approximate surface area is 96.7 Å². The monoisotopic (exact) mass is 211 g/mol. The maximum atomic E-state index is 5.83. The minimum Gasteiger partial charge on any atom is -0.456 e. The van der Waals surface area contributed by atoms with Crippen molar-refractivity contribution in [2.45, 2.75) is 20.3 Å². The smallest absolute Gasteiger partial charge is 0.138 e. The van der Waals surface area contributed by atoms with Crippen LogP contribution in [0.15, 0.2) is 42.5 Å². The van der Waals surface area contributed by atoms with Gasteiger partial charge in [0.1, 0.15) is 11.5 Å². The maximum Gasteiger partial charge on any atom is 0.138 e. The van der Waals surface area contributed by atoms with Crippen LogP contribution in [0.1, 0.15) is 18.1 Å². The topological polar surface area (TPSA) is 9.23 Å². The Morgan fingerprint density at radius 3 is 2.56 bits per heavy atom. The molecule has 1 radical (unpaired) electrons. The Hall–Kier alpha value is -1.76. The van der Waals surface area contributed by atoms with E-state index >= 15 is 0 Å². The van der Waals surface area contributed by atoms with Crippen molar-refractivity contribution < 1.29 is 4.74 Å². The van der Waals surface area contributed by atoms with Crippen molar-refractivity contribution in [3.8, 4) is 11.5 Å². The molecule has 1 nitrogen and oxygen atoms in total. The molecule has 0 aliphatic carbocycles. The fourth-order valence-corrected chi connectivity index (χ4v) is 1.75. The van der Waals surface area contributed by atoms with Crippen LogP contribution in [0, 0.1) is 13.0 Å². The predicted molar refractivity (Wildman–Crippen MR) is 65.9 cm³/mol. The molecule has 0 atom stereocenters. The molecule has 0 aliphatic heterocycles. The summed E-state index contributed by atoms with van der Waals surface area (Å²) in [5.74, 6) is 1.70. The van der Waals surface area contributed by atoms with Crippen LogP contribution in [0.4, 0.5) is 0 Å². The van der Waals surface area contributed by atoms with E-state index in [-0.39, 0.29) is 0 Å². The molecule has 0 N–H and O–H groups in total. The Morgan fingerprint density at radius 2 is 1.88 bits per heavy atom. The van der Waals surface area contributed by atoms with Gasteiger partial charge in [-0.3, -0.25) is 0 Å². The zero-order valence-electron chi connectivity index (χ0n) is 9.66. The van der Waals surface area contributed by atoms with Gasteiger partial charge in [-0.25, -0.2) is 0 Å². The Bertz CT molecular complexity index is 460. The van der Waals surface area contributed by atoms with Gasteiger partial charge in [0.15, 0.2) is 0 Å². The fraction of sp³-hybridized carbons (Fsp3) is 0.200. The van der Waals surface area contributed by atoms with E-state index in [1.807, 2.05) is 36.4 Å². The summed E-state index contributed by atoms with van der Waals surface area (Å²) >= 11 is 0. The molecule has 2 rings (SSSR count).